The van der Waals surface area contributed by atoms with Crippen LogP contribution in [-0.2, 0) is 57.1 Å². The number of carbonyl (C=O) groups is 2. The van der Waals surface area contributed by atoms with Crippen molar-refractivity contribution in [3.8, 4) is 11.8 Å². The van der Waals surface area contributed by atoms with Crippen LogP contribution in [0.3, 0.4) is 0 Å². The van der Waals surface area contributed by atoms with Gasteiger partial charge in [-0.15, -0.1) is 0 Å². The minimum absolute atomic E-state index is 0. The fourth-order valence-electron chi connectivity index (χ4n) is 5.06. The quantitative estimate of drug-likeness (QED) is 0.0391. The molecule has 21 nitrogen and oxygen atoms in total. The number of carboxylic acids is 2. The SMILES string of the molecule is COC1OC(COCC(=O)[O-])[C@@H](O[C@@H]2O[C@@H](C#CCO[O-])[C@@H](OC3OC(COCC(=O)[O-])[C@@H](OC)[C@H](O)[C@@H]3O)C(O)C2O)[C@H](O)[C@@H]1O.[Na+].[Na+].[Na+]. The molecule has 3 heterocycles. The zero-order valence-corrected chi connectivity index (χ0v) is 34.0. The van der Waals surface area contributed by atoms with Crippen LogP contribution >= 0.6 is 0 Å². The predicted octanol–water partition coefficient (Wildman–Crippen LogP) is -18.4. The number of carboxylic acid groups (broad SMARTS) is 2. The number of carbonyl (C=O) groups excluding carboxylic acids is 2. The Hall–Kier alpha value is 0.820. The molecular formula is C26H37Na3O21. The van der Waals surface area contributed by atoms with Gasteiger partial charge in [0.15, 0.2) is 18.9 Å². The Kier molecular flexibility index (Phi) is 25.5. The van der Waals surface area contributed by atoms with Gasteiger partial charge in [-0.25, -0.2) is 0 Å². The molecule has 15 atom stereocenters. The van der Waals surface area contributed by atoms with Gasteiger partial charge in [0.2, 0.25) is 0 Å². The van der Waals surface area contributed by atoms with Gasteiger partial charge in [-0.1, -0.05) is 11.8 Å². The number of aliphatic hydroxyl groups is 6. The summed E-state index contributed by atoms with van der Waals surface area (Å²) in [6.07, 6.45) is -24.9. The van der Waals surface area contributed by atoms with Crippen LogP contribution in [0.5, 0.6) is 0 Å². The molecule has 24 heteroatoms. The van der Waals surface area contributed by atoms with Crippen LogP contribution in [0.1, 0.15) is 0 Å². The van der Waals surface area contributed by atoms with Crippen LogP contribution in [0, 0.1) is 11.8 Å². The van der Waals surface area contributed by atoms with Crippen molar-refractivity contribution in [2.45, 2.75) is 92.1 Å². The van der Waals surface area contributed by atoms with Gasteiger partial charge < -0.3 is 103 Å². The minimum atomic E-state index is -2.03. The van der Waals surface area contributed by atoms with Crippen molar-refractivity contribution >= 4 is 11.9 Å². The van der Waals surface area contributed by atoms with Gasteiger partial charge >= 0.3 is 88.7 Å². The third-order valence-electron chi connectivity index (χ3n) is 7.29. The van der Waals surface area contributed by atoms with Crippen LogP contribution in [0.4, 0.5) is 0 Å². The first kappa shape index (κ1) is 50.8. The summed E-state index contributed by atoms with van der Waals surface area (Å²) in [5, 5.41) is 96.7. The maximum Gasteiger partial charge on any atom is 1.00 e. The first-order chi connectivity index (χ1) is 22.3. The second kappa shape index (κ2) is 25.1. The second-order valence-corrected chi connectivity index (χ2v) is 10.4. The van der Waals surface area contributed by atoms with Crippen LogP contribution in [-0.4, -0.2) is 182 Å². The molecule has 0 saturated carbocycles. The molecule has 0 aromatic heterocycles. The molecule has 0 amide bonds. The zero-order valence-electron chi connectivity index (χ0n) is 28.0. The van der Waals surface area contributed by atoms with E-state index in [1.807, 2.05) is 0 Å². The van der Waals surface area contributed by atoms with Gasteiger partial charge in [0.05, 0.1) is 45.0 Å². The molecule has 0 bridgehead atoms. The van der Waals surface area contributed by atoms with Crippen molar-refractivity contribution < 1.29 is 192 Å². The summed E-state index contributed by atoms with van der Waals surface area (Å²) < 4.78 is 48.3. The molecule has 0 radical (unpaired) electrons. The standard InChI is InChI=1S/C26H40O21.3Na/c1-38-21-11(6-40-8-13(27)28)45-26(19(35)15(21)31)46-22-10(4-3-5-42-37)43-25(20(36)17(22)33)47-23-12(7-41-9-14(29)30)44-24(39-2)18(34)16(23)32;;;/h10-12,15-26,31-37H,5-9H2,1-2H3,(H,27,28)(H,29,30);;;/q;3*+1/p-3/t10-,11?,12?,15+,16+,17?,18-,19-,20?,21+,22+,23+,24?,25-,26?;;;/m0.../s1. The van der Waals surface area contributed by atoms with Gasteiger partial charge in [-0.3, -0.25) is 0 Å². The largest absolute Gasteiger partial charge is 1.00 e. The molecule has 50 heavy (non-hydrogen) atoms. The monoisotopic (exact) mass is 754 g/mol. The Morgan fingerprint density at radius 3 is 1.58 bits per heavy atom. The summed E-state index contributed by atoms with van der Waals surface area (Å²) >= 11 is 0. The van der Waals surface area contributed by atoms with Crippen molar-refractivity contribution in [1.29, 1.82) is 0 Å². The molecule has 6 unspecified atom stereocenters. The maximum absolute atomic E-state index is 11.1. The summed E-state index contributed by atoms with van der Waals surface area (Å²) in [6, 6.07) is 0. The molecule has 3 aliphatic heterocycles. The fourth-order valence-corrected chi connectivity index (χ4v) is 5.06. The Morgan fingerprint density at radius 1 is 0.640 bits per heavy atom. The topological polar surface area (TPSA) is 317 Å². The molecule has 6 N–H and O–H groups in total. The Morgan fingerprint density at radius 2 is 1.08 bits per heavy atom. The first-order valence-corrected chi connectivity index (χ1v) is 14.0. The van der Waals surface area contributed by atoms with Gasteiger partial charge in [0.1, 0.15) is 73.2 Å². The van der Waals surface area contributed by atoms with Gasteiger partial charge in [0.25, 0.3) is 0 Å². The first-order valence-electron chi connectivity index (χ1n) is 14.0. The fraction of sp³-hybridized carbons (Fsp3) is 0.846. The molecule has 3 fully saturated rings. The summed E-state index contributed by atoms with van der Waals surface area (Å²) in [5.41, 5.74) is 0. The number of aliphatic carboxylic acids is 2. The molecule has 270 valence electrons. The molecule has 3 saturated heterocycles. The van der Waals surface area contributed by atoms with E-state index in [1.165, 1.54) is 7.11 Å². The van der Waals surface area contributed by atoms with Crippen molar-refractivity contribution in [3.05, 3.63) is 0 Å². The van der Waals surface area contributed by atoms with Gasteiger partial charge in [-0.05, 0) is 0 Å². The molecule has 3 aliphatic rings. The van der Waals surface area contributed by atoms with E-state index in [2.05, 4.69) is 16.7 Å². The third-order valence-corrected chi connectivity index (χ3v) is 7.29. The molecule has 0 aliphatic carbocycles. The van der Waals surface area contributed by atoms with Crippen LogP contribution in [0.15, 0.2) is 0 Å². The number of hydrogen-bond donors (Lipinski definition) is 6. The Labute approximate surface area is 352 Å². The second-order valence-electron chi connectivity index (χ2n) is 10.4. The minimum Gasteiger partial charge on any atom is -0.723 e. The molecule has 3 rings (SSSR count). The summed E-state index contributed by atoms with van der Waals surface area (Å²) in [4.78, 5) is 25.2. The average molecular weight is 755 g/mol. The number of aliphatic hydroxyl groups excluding tert-OH is 6. The molecule has 0 spiro atoms. The van der Waals surface area contributed by atoms with E-state index in [0.29, 0.717) is 0 Å². The Balaban J connectivity index is 0.00000800. The van der Waals surface area contributed by atoms with E-state index >= 15 is 0 Å². The van der Waals surface area contributed by atoms with Crippen LogP contribution in [0.25, 0.3) is 0 Å². The average Bonchev–Trinajstić information content (AvgIpc) is 3.02. The maximum atomic E-state index is 11.1. The molecule has 0 aromatic rings. The van der Waals surface area contributed by atoms with Crippen molar-refractivity contribution in [3.63, 3.8) is 0 Å². The van der Waals surface area contributed by atoms with Gasteiger partial charge in [-0.2, -0.15) is 0 Å². The van der Waals surface area contributed by atoms with Gasteiger partial charge in [0, 0.05) is 14.2 Å². The van der Waals surface area contributed by atoms with Crippen molar-refractivity contribution in [1.82, 2.24) is 0 Å². The predicted molar refractivity (Wildman–Crippen MR) is 135 cm³/mol. The molecular weight excluding hydrogens is 717 g/mol. The normalized spacial score (nSPS) is 38.3. The van der Waals surface area contributed by atoms with E-state index in [1.54, 1.807) is 0 Å². The van der Waals surface area contributed by atoms with E-state index in [9.17, 15) is 55.7 Å². The Bertz CT molecular complexity index is 1070. The van der Waals surface area contributed by atoms with E-state index in [-0.39, 0.29) is 88.7 Å². The number of ether oxygens (including phenoxy) is 9. The summed E-state index contributed by atoms with van der Waals surface area (Å²) in [6.45, 7) is -3.41. The van der Waals surface area contributed by atoms with Crippen molar-refractivity contribution in [2.24, 2.45) is 0 Å². The third kappa shape index (κ3) is 13.8. The van der Waals surface area contributed by atoms with Crippen LogP contribution < -0.4 is 104 Å². The van der Waals surface area contributed by atoms with Crippen LogP contribution in [0.2, 0.25) is 0 Å². The zero-order chi connectivity index (χ0) is 34.8. The number of rotatable bonds is 15. The smallest absolute Gasteiger partial charge is 0.723 e. The van der Waals surface area contributed by atoms with E-state index in [4.69, 9.17) is 42.6 Å². The number of hydrogen-bond acceptors (Lipinski definition) is 21. The molecule has 0 aromatic carbocycles. The number of methoxy groups -OCH3 is 2. The van der Waals surface area contributed by atoms with E-state index < -0.39 is 137 Å². The van der Waals surface area contributed by atoms with E-state index in [0.717, 1.165) is 7.11 Å². The van der Waals surface area contributed by atoms with Crippen molar-refractivity contribution in [2.75, 3.05) is 47.3 Å². The summed E-state index contributed by atoms with van der Waals surface area (Å²) in [5.74, 6) is 1.60. The summed E-state index contributed by atoms with van der Waals surface area (Å²) in [7, 11) is 2.34.